The average Bonchev–Trinajstić information content (AvgIpc) is 3.23. The second-order valence-electron chi connectivity index (χ2n) is 8.21. The molecule has 1 aromatic heterocycles. The Morgan fingerprint density at radius 1 is 0.848 bits per heavy atom. The molecule has 0 saturated carbocycles. The summed E-state index contributed by atoms with van der Waals surface area (Å²) in [6, 6.07) is 20.3. The Kier molecular flexibility index (Phi) is 6.44. The molecule has 0 amide bonds. The van der Waals surface area contributed by atoms with Gasteiger partial charge in [-0.1, -0.05) is 58.7 Å². The second-order valence-corrected chi connectivity index (χ2v) is 10.2. The molecule has 0 N–H and O–H groups in total. The molecule has 5 nitrogen and oxygen atoms in total. The van der Waals surface area contributed by atoms with Gasteiger partial charge in [-0.15, -0.1) is 0 Å². The molecule has 0 saturated heterocycles. The van der Waals surface area contributed by atoms with Crippen LogP contribution in [0.1, 0.15) is 27.9 Å². The Hall–Kier alpha value is -3.29. The fraction of sp³-hybridized carbons (Fsp3) is 0.192. The number of halogens is 1. The number of sulfonamides is 1. The molecule has 0 radical (unpaired) electrons. The van der Waals surface area contributed by atoms with Gasteiger partial charge in [0, 0.05) is 18.2 Å². The summed E-state index contributed by atoms with van der Waals surface area (Å²) in [6.45, 7) is 6.00. The quantitative estimate of drug-likeness (QED) is 0.347. The normalized spacial score (nSPS) is 11.8. The number of nitrogens with zero attached hydrogens (tertiary/aromatic N) is 2. The first-order valence-electron chi connectivity index (χ1n) is 10.6. The minimum Gasteiger partial charge on any atom is -0.356 e. The van der Waals surface area contributed by atoms with E-state index in [4.69, 9.17) is 4.52 Å². The van der Waals surface area contributed by atoms with Gasteiger partial charge in [-0.25, -0.2) is 12.8 Å². The molecule has 7 heteroatoms. The SMILES string of the molecule is Cc1ccc(S(=O)(=O)N(Cc2ccc(F)cc2)Cc2cc(-c3ccc(C)cc3C)on2)cc1. The molecule has 0 atom stereocenters. The van der Waals surface area contributed by atoms with Crippen molar-refractivity contribution in [2.45, 2.75) is 38.8 Å². The van der Waals surface area contributed by atoms with Gasteiger partial charge in [0.05, 0.1) is 17.1 Å². The molecule has 4 aromatic rings. The Bertz CT molecular complexity index is 1360. The molecular formula is C26H25FN2O3S. The van der Waals surface area contributed by atoms with E-state index in [1.54, 1.807) is 42.5 Å². The number of hydrogen-bond acceptors (Lipinski definition) is 4. The van der Waals surface area contributed by atoms with E-state index in [1.807, 2.05) is 32.9 Å². The number of aryl methyl sites for hydroxylation is 3. The lowest BCUT2D eigenvalue weighted by Crippen LogP contribution is -2.30. The molecule has 33 heavy (non-hydrogen) atoms. The number of aromatic nitrogens is 1. The number of hydrogen-bond donors (Lipinski definition) is 0. The van der Waals surface area contributed by atoms with Crippen LogP contribution in [0, 0.1) is 26.6 Å². The van der Waals surface area contributed by atoms with Crippen LogP contribution >= 0.6 is 0 Å². The summed E-state index contributed by atoms with van der Waals surface area (Å²) in [5.41, 5.74) is 5.23. The van der Waals surface area contributed by atoms with E-state index < -0.39 is 10.0 Å². The second kappa shape index (κ2) is 9.29. The van der Waals surface area contributed by atoms with Crippen LogP contribution in [0.5, 0.6) is 0 Å². The van der Waals surface area contributed by atoms with Crippen molar-refractivity contribution in [3.63, 3.8) is 0 Å². The van der Waals surface area contributed by atoms with Gasteiger partial charge < -0.3 is 4.52 Å². The minimum atomic E-state index is -3.84. The van der Waals surface area contributed by atoms with Gasteiger partial charge in [-0.2, -0.15) is 4.31 Å². The van der Waals surface area contributed by atoms with Crippen molar-refractivity contribution in [3.05, 3.63) is 107 Å². The molecule has 0 spiro atoms. The van der Waals surface area contributed by atoms with Crippen molar-refractivity contribution < 1.29 is 17.3 Å². The molecule has 0 unspecified atom stereocenters. The van der Waals surface area contributed by atoms with Gasteiger partial charge >= 0.3 is 0 Å². The summed E-state index contributed by atoms with van der Waals surface area (Å²) >= 11 is 0. The molecule has 1 heterocycles. The van der Waals surface area contributed by atoms with Crippen LogP contribution in [0.15, 0.2) is 82.2 Å². The number of benzene rings is 3. The van der Waals surface area contributed by atoms with Crippen molar-refractivity contribution in [2.24, 2.45) is 0 Å². The van der Waals surface area contributed by atoms with Gasteiger partial charge in [0.25, 0.3) is 0 Å². The molecule has 4 rings (SSSR count). The lowest BCUT2D eigenvalue weighted by atomic mass is 10.0. The summed E-state index contributed by atoms with van der Waals surface area (Å²) in [4.78, 5) is 0.188. The maximum absolute atomic E-state index is 13.5. The molecule has 0 bridgehead atoms. The molecule has 3 aromatic carbocycles. The first kappa shape index (κ1) is 22.9. The van der Waals surface area contributed by atoms with E-state index in [9.17, 15) is 12.8 Å². The zero-order chi connectivity index (χ0) is 23.6. The van der Waals surface area contributed by atoms with Crippen LogP contribution in [-0.2, 0) is 23.1 Å². The summed E-state index contributed by atoms with van der Waals surface area (Å²) in [6.07, 6.45) is 0. The zero-order valence-electron chi connectivity index (χ0n) is 18.7. The van der Waals surface area contributed by atoms with Crippen LogP contribution in [0.3, 0.4) is 0 Å². The van der Waals surface area contributed by atoms with Gasteiger partial charge in [0.1, 0.15) is 5.82 Å². The maximum atomic E-state index is 13.5. The van der Waals surface area contributed by atoms with Crippen molar-refractivity contribution >= 4 is 10.0 Å². The van der Waals surface area contributed by atoms with Crippen LogP contribution < -0.4 is 0 Å². The van der Waals surface area contributed by atoms with Gasteiger partial charge in [0.15, 0.2) is 5.76 Å². The Morgan fingerprint density at radius 3 is 2.18 bits per heavy atom. The number of rotatable bonds is 7. The van der Waals surface area contributed by atoms with E-state index >= 15 is 0 Å². The van der Waals surface area contributed by atoms with Crippen LogP contribution in [0.25, 0.3) is 11.3 Å². The van der Waals surface area contributed by atoms with Crippen molar-refractivity contribution in [3.8, 4) is 11.3 Å². The highest BCUT2D eigenvalue weighted by Crippen LogP contribution is 2.27. The van der Waals surface area contributed by atoms with E-state index in [2.05, 4.69) is 11.2 Å². The highest BCUT2D eigenvalue weighted by Gasteiger charge is 2.26. The van der Waals surface area contributed by atoms with Gasteiger partial charge in [0.2, 0.25) is 10.0 Å². The van der Waals surface area contributed by atoms with Crippen molar-refractivity contribution in [1.82, 2.24) is 9.46 Å². The van der Waals surface area contributed by atoms with Crippen LogP contribution in [0.4, 0.5) is 4.39 Å². The Balaban J connectivity index is 1.67. The summed E-state index contributed by atoms with van der Waals surface area (Å²) < 4.78 is 47.2. The molecule has 0 aliphatic heterocycles. The monoisotopic (exact) mass is 464 g/mol. The predicted molar refractivity (Wildman–Crippen MR) is 125 cm³/mol. The highest BCUT2D eigenvalue weighted by molar-refractivity contribution is 7.89. The Labute approximate surface area is 193 Å². The summed E-state index contributed by atoms with van der Waals surface area (Å²) in [5.74, 6) is 0.207. The molecule has 0 aliphatic carbocycles. The fourth-order valence-electron chi connectivity index (χ4n) is 3.66. The topological polar surface area (TPSA) is 63.4 Å². The summed E-state index contributed by atoms with van der Waals surface area (Å²) in [5, 5.41) is 4.13. The van der Waals surface area contributed by atoms with E-state index in [0.29, 0.717) is 17.0 Å². The summed E-state index contributed by atoms with van der Waals surface area (Å²) in [7, 11) is -3.84. The fourth-order valence-corrected chi connectivity index (χ4v) is 5.06. The standard InChI is InChI=1S/C26H25FN2O3S/c1-18-4-11-24(12-5-18)33(30,31)29(16-21-7-9-22(27)10-8-21)17-23-15-26(32-28-23)25-13-6-19(2)14-20(25)3/h4-15H,16-17H2,1-3H3. The minimum absolute atomic E-state index is 0.0159. The third kappa shape index (κ3) is 5.21. The maximum Gasteiger partial charge on any atom is 0.243 e. The molecule has 170 valence electrons. The van der Waals surface area contributed by atoms with Crippen molar-refractivity contribution in [2.75, 3.05) is 0 Å². The zero-order valence-corrected chi connectivity index (χ0v) is 19.6. The van der Waals surface area contributed by atoms with E-state index in [-0.39, 0.29) is 23.8 Å². The first-order chi connectivity index (χ1) is 15.7. The first-order valence-corrected chi connectivity index (χ1v) is 12.0. The van der Waals surface area contributed by atoms with Gasteiger partial charge in [-0.05, 0) is 56.2 Å². The molecule has 0 fully saturated rings. The van der Waals surface area contributed by atoms with Crippen LogP contribution in [0.2, 0.25) is 0 Å². The molecule has 0 aliphatic rings. The van der Waals surface area contributed by atoms with E-state index in [1.165, 1.54) is 16.4 Å². The van der Waals surface area contributed by atoms with Gasteiger partial charge in [-0.3, -0.25) is 0 Å². The third-order valence-electron chi connectivity index (χ3n) is 5.48. The molecular weight excluding hydrogens is 439 g/mol. The average molecular weight is 465 g/mol. The van der Waals surface area contributed by atoms with Crippen LogP contribution in [-0.4, -0.2) is 17.9 Å². The largest absolute Gasteiger partial charge is 0.356 e. The Morgan fingerprint density at radius 2 is 1.52 bits per heavy atom. The third-order valence-corrected chi connectivity index (χ3v) is 7.28. The smallest absolute Gasteiger partial charge is 0.243 e. The lowest BCUT2D eigenvalue weighted by molar-refractivity contribution is 0.371. The van der Waals surface area contributed by atoms with E-state index in [0.717, 1.165) is 22.3 Å². The highest BCUT2D eigenvalue weighted by atomic mass is 32.2. The van der Waals surface area contributed by atoms with Crippen molar-refractivity contribution in [1.29, 1.82) is 0 Å². The lowest BCUT2D eigenvalue weighted by Gasteiger charge is -2.21. The predicted octanol–water partition coefficient (Wildman–Crippen LogP) is 5.80.